The molecule has 23 heavy (non-hydrogen) atoms. The van der Waals surface area contributed by atoms with Crippen LogP contribution < -0.4 is 0 Å². The van der Waals surface area contributed by atoms with Gasteiger partial charge in [-0.25, -0.2) is 9.37 Å². The van der Waals surface area contributed by atoms with E-state index in [0.29, 0.717) is 36.2 Å². The van der Waals surface area contributed by atoms with E-state index in [-0.39, 0.29) is 24.8 Å². The molecule has 0 atom stereocenters. The third kappa shape index (κ3) is 3.76. The lowest BCUT2D eigenvalue weighted by molar-refractivity contribution is -0.132. The van der Waals surface area contributed by atoms with Gasteiger partial charge in [-0.15, -0.1) is 0 Å². The molecule has 1 fully saturated rings. The van der Waals surface area contributed by atoms with Crippen molar-refractivity contribution in [1.29, 1.82) is 0 Å². The molecule has 0 aliphatic carbocycles. The fourth-order valence-corrected chi connectivity index (χ4v) is 2.74. The predicted molar refractivity (Wildman–Crippen MR) is 82.0 cm³/mol. The molecular weight excluding hydrogens is 299 g/mol. The van der Waals surface area contributed by atoms with Crippen LogP contribution in [0.25, 0.3) is 11.5 Å². The first-order valence-corrected chi connectivity index (χ1v) is 7.74. The van der Waals surface area contributed by atoms with E-state index in [2.05, 4.69) is 4.98 Å². The van der Waals surface area contributed by atoms with Gasteiger partial charge in [0, 0.05) is 25.3 Å². The Hall–Kier alpha value is -2.21. The highest BCUT2D eigenvalue weighted by Gasteiger charge is 2.23. The van der Waals surface area contributed by atoms with Gasteiger partial charge in [-0.1, -0.05) is 0 Å². The summed E-state index contributed by atoms with van der Waals surface area (Å²) in [5.41, 5.74) is 1.24. The summed E-state index contributed by atoms with van der Waals surface area (Å²) in [7, 11) is 0. The standard InChI is InChI=1S/C17H19FN2O3/c18-14-3-1-13(2-4-14)17-19-15(11-23-17)9-16(22)20-7-5-12(10-21)6-8-20/h1-4,11-12,21H,5-10H2. The van der Waals surface area contributed by atoms with Gasteiger partial charge in [0.15, 0.2) is 0 Å². The van der Waals surface area contributed by atoms with Gasteiger partial charge in [0.25, 0.3) is 0 Å². The molecule has 1 amide bonds. The average Bonchev–Trinajstić information content (AvgIpc) is 3.04. The topological polar surface area (TPSA) is 66.6 Å². The first kappa shape index (κ1) is 15.7. The maximum Gasteiger partial charge on any atom is 0.228 e. The number of aliphatic hydroxyl groups excluding tert-OH is 1. The maximum atomic E-state index is 12.9. The van der Waals surface area contributed by atoms with Crippen molar-refractivity contribution < 1.29 is 18.7 Å². The van der Waals surface area contributed by atoms with Gasteiger partial charge in [0.05, 0.1) is 12.1 Å². The number of oxazole rings is 1. The molecule has 0 bridgehead atoms. The summed E-state index contributed by atoms with van der Waals surface area (Å²) in [5, 5.41) is 9.13. The highest BCUT2D eigenvalue weighted by molar-refractivity contribution is 5.78. The minimum atomic E-state index is -0.318. The van der Waals surface area contributed by atoms with E-state index in [4.69, 9.17) is 9.52 Å². The molecule has 1 aromatic carbocycles. The number of hydrogen-bond acceptors (Lipinski definition) is 4. The van der Waals surface area contributed by atoms with Crippen LogP contribution in [-0.4, -0.2) is 40.6 Å². The van der Waals surface area contributed by atoms with Gasteiger partial charge in [-0.2, -0.15) is 0 Å². The molecule has 0 spiro atoms. The Balaban J connectivity index is 1.60. The van der Waals surface area contributed by atoms with Crippen LogP contribution in [0.4, 0.5) is 4.39 Å². The van der Waals surface area contributed by atoms with Crippen molar-refractivity contribution in [1.82, 2.24) is 9.88 Å². The first-order valence-electron chi connectivity index (χ1n) is 7.74. The van der Waals surface area contributed by atoms with Crippen LogP contribution in [-0.2, 0) is 11.2 Å². The van der Waals surface area contributed by atoms with Gasteiger partial charge < -0.3 is 14.4 Å². The number of rotatable bonds is 4. The van der Waals surface area contributed by atoms with Gasteiger partial charge in [-0.05, 0) is 43.0 Å². The lowest BCUT2D eigenvalue weighted by Gasteiger charge is -2.31. The van der Waals surface area contributed by atoms with Crippen LogP contribution in [0.1, 0.15) is 18.5 Å². The molecule has 0 saturated carbocycles. The Morgan fingerprint density at radius 1 is 1.30 bits per heavy atom. The van der Waals surface area contributed by atoms with Crippen molar-refractivity contribution in [2.75, 3.05) is 19.7 Å². The molecule has 2 heterocycles. The van der Waals surface area contributed by atoms with Gasteiger partial charge in [0.1, 0.15) is 12.1 Å². The Bertz CT molecular complexity index is 661. The van der Waals surface area contributed by atoms with Gasteiger partial charge in [0.2, 0.25) is 11.8 Å². The van der Waals surface area contributed by atoms with Crippen LogP contribution in [0, 0.1) is 11.7 Å². The fourth-order valence-electron chi connectivity index (χ4n) is 2.74. The molecule has 122 valence electrons. The molecule has 1 aliphatic rings. The summed E-state index contributed by atoms with van der Waals surface area (Å²) in [4.78, 5) is 18.4. The van der Waals surface area contributed by atoms with E-state index in [1.165, 1.54) is 18.4 Å². The molecule has 0 radical (unpaired) electrons. The van der Waals surface area contributed by atoms with E-state index < -0.39 is 0 Å². The number of carbonyl (C=O) groups excluding carboxylic acids is 1. The third-order valence-corrected chi connectivity index (χ3v) is 4.20. The first-order chi connectivity index (χ1) is 11.2. The van der Waals surface area contributed by atoms with Crippen molar-refractivity contribution >= 4 is 5.91 Å². The minimum absolute atomic E-state index is 0.0142. The fraction of sp³-hybridized carbons (Fsp3) is 0.412. The van der Waals surface area contributed by atoms with Gasteiger partial charge >= 0.3 is 0 Å². The van der Waals surface area contributed by atoms with E-state index in [1.807, 2.05) is 0 Å². The number of carbonyl (C=O) groups is 1. The highest BCUT2D eigenvalue weighted by atomic mass is 19.1. The predicted octanol–water partition coefficient (Wildman–Crippen LogP) is 2.25. The zero-order valence-electron chi connectivity index (χ0n) is 12.7. The lowest BCUT2D eigenvalue weighted by atomic mass is 9.97. The van der Waals surface area contributed by atoms with Crippen molar-refractivity contribution in [3.63, 3.8) is 0 Å². The summed E-state index contributed by atoms with van der Waals surface area (Å²) in [6, 6.07) is 5.87. The highest BCUT2D eigenvalue weighted by Crippen LogP contribution is 2.20. The lowest BCUT2D eigenvalue weighted by Crippen LogP contribution is -2.40. The molecule has 0 unspecified atom stereocenters. The zero-order chi connectivity index (χ0) is 16.2. The Labute approximate surface area is 133 Å². The van der Waals surface area contributed by atoms with Crippen LogP contribution in [0.15, 0.2) is 34.9 Å². The maximum absolute atomic E-state index is 12.9. The molecule has 1 aromatic heterocycles. The number of halogens is 1. The van der Waals surface area contributed by atoms with E-state index in [1.54, 1.807) is 17.0 Å². The summed E-state index contributed by atoms with van der Waals surface area (Å²) in [5.74, 6) is 0.380. The normalized spacial score (nSPS) is 15.8. The second-order valence-corrected chi connectivity index (χ2v) is 5.83. The zero-order valence-corrected chi connectivity index (χ0v) is 12.7. The number of nitrogens with zero attached hydrogens (tertiary/aromatic N) is 2. The number of benzene rings is 1. The number of aliphatic hydroxyl groups is 1. The molecule has 1 N–H and O–H groups in total. The second kappa shape index (κ2) is 6.91. The van der Waals surface area contributed by atoms with E-state index in [9.17, 15) is 9.18 Å². The largest absolute Gasteiger partial charge is 0.444 e. The number of piperidine rings is 1. The monoisotopic (exact) mass is 318 g/mol. The smallest absolute Gasteiger partial charge is 0.228 e. The summed E-state index contributed by atoms with van der Waals surface area (Å²) in [6.45, 7) is 1.53. The third-order valence-electron chi connectivity index (χ3n) is 4.20. The quantitative estimate of drug-likeness (QED) is 0.939. The van der Waals surface area contributed by atoms with Crippen LogP contribution in [0.2, 0.25) is 0 Å². The number of amides is 1. The number of likely N-dealkylation sites (tertiary alicyclic amines) is 1. The molecule has 5 nitrogen and oxygen atoms in total. The minimum Gasteiger partial charge on any atom is -0.444 e. The molecular formula is C17H19FN2O3. The van der Waals surface area contributed by atoms with E-state index >= 15 is 0 Å². The van der Waals surface area contributed by atoms with E-state index in [0.717, 1.165) is 12.8 Å². The van der Waals surface area contributed by atoms with Crippen molar-refractivity contribution in [3.8, 4) is 11.5 Å². The Kier molecular flexibility index (Phi) is 4.71. The van der Waals surface area contributed by atoms with Crippen LogP contribution in [0.3, 0.4) is 0 Å². The van der Waals surface area contributed by atoms with Crippen LogP contribution in [0.5, 0.6) is 0 Å². The summed E-state index contributed by atoms with van der Waals surface area (Å²) >= 11 is 0. The van der Waals surface area contributed by atoms with Crippen molar-refractivity contribution in [2.24, 2.45) is 5.92 Å². The molecule has 1 saturated heterocycles. The van der Waals surface area contributed by atoms with Crippen LogP contribution >= 0.6 is 0 Å². The second-order valence-electron chi connectivity index (χ2n) is 5.83. The SMILES string of the molecule is O=C(Cc1coc(-c2ccc(F)cc2)n1)N1CCC(CO)CC1. The Morgan fingerprint density at radius 3 is 2.65 bits per heavy atom. The van der Waals surface area contributed by atoms with Gasteiger partial charge in [-0.3, -0.25) is 4.79 Å². The molecule has 6 heteroatoms. The number of hydrogen-bond donors (Lipinski definition) is 1. The molecule has 1 aliphatic heterocycles. The average molecular weight is 318 g/mol. The van der Waals surface area contributed by atoms with Crippen molar-refractivity contribution in [3.05, 3.63) is 42.0 Å². The molecule has 3 rings (SSSR count). The summed E-state index contributed by atoms with van der Waals surface area (Å²) in [6.07, 6.45) is 3.33. The molecule has 2 aromatic rings. The Morgan fingerprint density at radius 2 is 2.00 bits per heavy atom. The summed E-state index contributed by atoms with van der Waals surface area (Å²) < 4.78 is 18.3. The van der Waals surface area contributed by atoms with Crippen molar-refractivity contribution in [2.45, 2.75) is 19.3 Å². The number of aromatic nitrogens is 1.